The van der Waals surface area contributed by atoms with Crippen LogP contribution in [0.25, 0.3) is 0 Å². The first-order valence-corrected chi connectivity index (χ1v) is 5.92. The monoisotopic (exact) mass is 243 g/mol. The van der Waals surface area contributed by atoms with Crippen LogP contribution in [-0.2, 0) is 0 Å². The fourth-order valence-electron chi connectivity index (χ4n) is 2.05. The fourth-order valence-corrected chi connectivity index (χ4v) is 2.05. The van der Waals surface area contributed by atoms with E-state index < -0.39 is 5.41 Å². The van der Waals surface area contributed by atoms with Crippen molar-refractivity contribution in [2.45, 2.75) is 19.8 Å². The molecule has 1 heterocycles. The lowest BCUT2D eigenvalue weighted by molar-refractivity contribution is -0.855. The Morgan fingerprint density at radius 3 is 2.33 bits per heavy atom. The van der Waals surface area contributed by atoms with E-state index in [4.69, 9.17) is 15.8 Å². The Kier molecular flexibility index (Phi) is 4.32. The molecule has 0 saturated heterocycles. The molecule has 93 valence electrons. The van der Waals surface area contributed by atoms with E-state index in [0.717, 1.165) is 19.4 Å². The number of nitrogens with zero attached hydrogens (tertiary/aromatic N) is 5. The summed E-state index contributed by atoms with van der Waals surface area (Å²) in [6.07, 6.45) is 5.87. The van der Waals surface area contributed by atoms with E-state index in [1.54, 1.807) is 6.54 Å². The second-order valence-electron chi connectivity index (χ2n) is 4.65. The summed E-state index contributed by atoms with van der Waals surface area (Å²) < 4.78 is 0.388. The van der Waals surface area contributed by atoms with E-state index in [-0.39, 0.29) is 0 Å². The third kappa shape index (κ3) is 2.80. The van der Waals surface area contributed by atoms with Gasteiger partial charge in [-0.1, -0.05) is 13.3 Å². The van der Waals surface area contributed by atoms with Crippen LogP contribution in [0.4, 0.5) is 0 Å². The van der Waals surface area contributed by atoms with Gasteiger partial charge in [0.1, 0.15) is 24.4 Å². The zero-order chi connectivity index (χ0) is 13.6. The van der Waals surface area contributed by atoms with Gasteiger partial charge in [-0.2, -0.15) is 15.8 Å². The molecule has 1 aliphatic rings. The molecule has 18 heavy (non-hydrogen) atoms. The van der Waals surface area contributed by atoms with Crippen molar-refractivity contribution in [3.8, 4) is 18.2 Å². The molecule has 1 radical (unpaired) electrons. The first-order chi connectivity index (χ1) is 8.55. The highest BCUT2D eigenvalue weighted by Crippen LogP contribution is 2.30. The van der Waals surface area contributed by atoms with Crippen LogP contribution >= 0.6 is 0 Å². The minimum Gasteiger partial charge on any atom is -0.329 e. The number of hydrogen-bond donors (Lipinski definition) is 0. The van der Waals surface area contributed by atoms with Crippen molar-refractivity contribution in [2.24, 2.45) is 5.41 Å². The van der Waals surface area contributed by atoms with Gasteiger partial charge in [0.15, 0.2) is 13.2 Å². The lowest BCUT2D eigenvalue weighted by Gasteiger charge is -2.33. The summed E-state index contributed by atoms with van der Waals surface area (Å²) in [5.41, 5.74) is -1.68. The maximum atomic E-state index is 9.07. The smallest absolute Gasteiger partial charge is 0.285 e. The molecule has 0 saturated carbocycles. The molecule has 0 aromatic rings. The van der Waals surface area contributed by atoms with Gasteiger partial charge in [0.05, 0.1) is 12.7 Å². The molecule has 1 atom stereocenters. The Morgan fingerprint density at radius 2 is 1.94 bits per heavy atom. The van der Waals surface area contributed by atoms with Gasteiger partial charge in [0, 0.05) is 7.05 Å². The van der Waals surface area contributed by atoms with Crippen molar-refractivity contribution in [1.82, 2.24) is 4.90 Å². The Labute approximate surface area is 108 Å². The van der Waals surface area contributed by atoms with Crippen LogP contribution in [0.1, 0.15) is 19.8 Å². The van der Waals surface area contributed by atoms with Gasteiger partial charge in [0.2, 0.25) is 0 Å². The molecule has 1 aliphatic heterocycles. The first kappa shape index (κ1) is 14.0. The molecule has 0 aromatic carbocycles. The lowest BCUT2D eigenvalue weighted by atomic mass is 9.92. The summed E-state index contributed by atoms with van der Waals surface area (Å²) in [5.74, 6) is 0. The van der Waals surface area contributed by atoms with Gasteiger partial charge >= 0.3 is 0 Å². The maximum Gasteiger partial charge on any atom is 0.285 e. The summed E-state index contributed by atoms with van der Waals surface area (Å²) in [6.45, 7) is 5.10. The third-order valence-corrected chi connectivity index (χ3v) is 3.01. The van der Waals surface area contributed by atoms with Gasteiger partial charge in [-0.15, -0.1) is 0 Å². The van der Waals surface area contributed by atoms with Gasteiger partial charge in [-0.05, 0) is 6.42 Å². The Morgan fingerprint density at radius 1 is 1.33 bits per heavy atom. The average Bonchev–Trinajstić information content (AvgIpc) is 2.76. The predicted octanol–water partition coefficient (Wildman–Crippen LogP) is 1.70. The normalized spacial score (nSPS) is 22.3. The van der Waals surface area contributed by atoms with Crippen LogP contribution < -0.4 is 0 Å². The first-order valence-electron chi connectivity index (χ1n) is 5.92. The average molecular weight is 243 g/mol. The SMILES string of the molecule is CCCC[N+]1([CH]C(C#N)(C#N)C#N)C=CN(C)C1. The van der Waals surface area contributed by atoms with Crippen molar-refractivity contribution in [1.29, 1.82) is 15.8 Å². The van der Waals surface area contributed by atoms with Crippen LogP contribution in [-0.4, -0.2) is 29.6 Å². The van der Waals surface area contributed by atoms with E-state index in [1.807, 2.05) is 42.6 Å². The van der Waals surface area contributed by atoms with Crippen LogP contribution in [0, 0.1) is 46.0 Å². The quantitative estimate of drug-likeness (QED) is 0.689. The summed E-state index contributed by atoms with van der Waals surface area (Å²) in [4.78, 5) is 1.99. The maximum absolute atomic E-state index is 9.07. The number of hydrogen-bond acceptors (Lipinski definition) is 4. The van der Waals surface area contributed by atoms with Gasteiger partial charge in [-0.25, -0.2) is 0 Å². The van der Waals surface area contributed by atoms with Gasteiger partial charge in [0.25, 0.3) is 5.41 Å². The molecule has 5 nitrogen and oxygen atoms in total. The van der Waals surface area contributed by atoms with E-state index in [0.29, 0.717) is 11.2 Å². The number of quaternary nitrogens is 1. The van der Waals surface area contributed by atoms with Crippen molar-refractivity contribution < 1.29 is 4.48 Å². The second kappa shape index (κ2) is 5.54. The molecule has 0 fully saturated rings. The Bertz CT molecular complexity index is 411. The summed E-state index contributed by atoms with van der Waals surface area (Å²) in [6, 6.07) is 5.44. The molecular weight excluding hydrogens is 226 g/mol. The van der Waals surface area contributed by atoms with Crippen molar-refractivity contribution >= 4 is 0 Å². The number of unbranched alkanes of at least 4 members (excludes halogenated alkanes) is 1. The standard InChI is InChI=1S/C13H17N5/c1-3-4-6-18(7-5-17(2)12-18)11-13(8-14,9-15)10-16/h5,7,11H,3-4,6,12H2,1-2H3/q+1. The highest BCUT2D eigenvalue weighted by Gasteiger charge is 2.45. The van der Waals surface area contributed by atoms with Crippen molar-refractivity contribution in [3.63, 3.8) is 0 Å². The minimum atomic E-state index is -1.68. The minimum absolute atomic E-state index is 0.388. The zero-order valence-corrected chi connectivity index (χ0v) is 10.8. The highest BCUT2D eigenvalue weighted by atomic mass is 15.5. The van der Waals surface area contributed by atoms with Gasteiger partial charge in [-0.3, -0.25) is 4.48 Å². The summed E-state index contributed by atoms with van der Waals surface area (Å²) in [7, 11) is 1.93. The molecule has 0 bridgehead atoms. The third-order valence-electron chi connectivity index (χ3n) is 3.01. The van der Waals surface area contributed by atoms with Crippen molar-refractivity contribution in [2.75, 3.05) is 20.3 Å². The van der Waals surface area contributed by atoms with E-state index in [2.05, 4.69) is 6.92 Å². The molecule has 0 aliphatic carbocycles. The molecule has 0 N–H and O–H groups in total. The van der Waals surface area contributed by atoms with Crippen LogP contribution in [0.2, 0.25) is 0 Å². The topological polar surface area (TPSA) is 74.6 Å². The molecular formula is C13H17N5+. The molecule has 0 spiro atoms. The Hall–Kier alpha value is -2.03. The van der Waals surface area contributed by atoms with Crippen LogP contribution in [0.3, 0.4) is 0 Å². The summed E-state index contributed by atoms with van der Waals surface area (Å²) in [5, 5.41) is 27.2. The predicted molar refractivity (Wildman–Crippen MR) is 65.4 cm³/mol. The van der Waals surface area contributed by atoms with Gasteiger partial charge < -0.3 is 4.90 Å². The fraction of sp³-hybridized carbons (Fsp3) is 0.538. The second-order valence-corrected chi connectivity index (χ2v) is 4.65. The molecule has 0 amide bonds. The molecule has 5 heteroatoms. The zero-order valence-electron chi connectivity index (χ0n) is 10.8. The van der Waals surface area contributed by atoms with Crippen LogP contribution in [0.5, 0.6) is 0 Å². The van der Waals surface area contributed by atoms with Crippen molar-refractivity contribution in [3.05, 3.63) is 18.9 Å². The van der Waals surface area contributed by atoms with E-state index >= 15 is 0 Å². The highest BCUT2D eigenvalue weighted by molar-refractivity contribution is 5.30. The van der Waals surface area contributed by atoms with E-state index in [1.165, 1.54) is 0 Å². The largest absolute Gasteiger partial charge is 0.329 e. The number of rotatable bonds is 5. The summed E-state index contributed by atoms with van der Waals surface area (Å²) >= 11 is 0. The Balaban J connectivity index is 2.95. The lowest BCUT2D eigenvalue weighted by Crippen LogP contribution is -2.46. The molecule has 1 unspecified atom stereocenters. The molecule has 0 aromatic heterocycles. The molecule has 1 rings (SSSR count). The van der Waals surface area contributed by atoms with E-state index in [9.17, 15) is 0 Å². The number of nitriles is 3. The van der Waals surface area contributed by atoms with Crippen LogP contribution in [0.15, 0.2) is 12.4 Å².